The highest BCUT2D eigenvalue weighted by molar-refractivity contribution is 14.1. The summed E-state index contributed by atoms with van der Waals surface area (Å²) in [5.41, 5.74) is -1.48. The van der Waals surface area contributed by atoms with E-state index >= 15 is 0 Å². The van der Waals surface area contributed by atoms with Gasteiger partial charge >= 0.3 is 33.5 Å². The number of ether oxygens (including phenoxy) is 2. The topological polar surface area (TPSA) is 107 Å². The van der Waals surface area contributed by atoms with Crippen LogP contribution in [0.1, 0.15) is 26.3 Å². The summed E-state index contributed by atoms with van der Waals surface area (Å²) < 4.78 is 109. The van der Waals surface area contributed by atoms with Crippen molar-refractivity contribution in [1.29, 1.82) is 0 Å². The van der Waals surface area contributed by atoms with Crippen LogP contribution < -0.4 is 4.74 Å². The summed E-state index contributed by atoms with van der Waals surface area (Å²) in [6.07, 6.45) is -9.56. The Morgan fingerprint density at radius 3 is 1.92 bits per heavy atom. The molecule has 17 heteroatoms. The molecular weight excluding hydrogens is 975 g/mol. The molecule has 0 heterocycles. The maximum atomic E-state index is 13.9. The highest BCUT2D eigenvalue weighted by Crippen LogP contribution is 2.39. The van der Waals surface area contributed by atoms with Crippen molar-refractivity contribution in [2.75, 3.05) is 0 Å². The SMILES string of the molecule is C=Cc1cc(I)c(C(=O)Oc2c(I)cc(I)cc2I)c(C(=O)OC(C(F)(F)F)C(F)(F)S(=O)(=O)O)c1. The minimum absolute atomic E-state index is 0.0393. The first kappa shape index (κ1) is 31.8. The lowest BCUT2D eigenvalue weighted by molar-refractivity contribution is -0.248. The van der Waals surface area contributed by atoms with Crippen LogP contribution in [0.4, 0.5) is 22.0 Å². The maximum Gasteiger partial charge on any atom is 0.432 e. The van der Waals surface area contributed by atoms with Crippen molar-refractivity contribution in [2.24, 2.45) is 0 Å². The van der Waals surface area contributed by atoms with Crippen molar-refractivity contribution in [3.8, 4) is 5.75 Å². The van der Waals surface area contributed by atoms with E-state index in [2.05, 4.69) is 11.3 Å². The predicted octanol–water partition coefficient (Wildman–Crippen LogP) is 6.54. The Morgan fingerprint density at radius 1 is 0.944 bits per heavy atom. The van der Waals surface area contributed by atoms with Crippen LogP contribution in [0.3, 0.4) is 0 Å². The Hall–Kier alpha value is -0.400. The van der Waals surface area contributed by atoms with Gasteiger partial charge < -0.3 is 9.47 Å². The molecule has 2 aromatic rings. The van der Waals surface area contributed by atoms with E-state index in [9.17, 15) is 40.0 Å². The summed E-state index contributed by atoms with van der Waals surface area (Å²) in [4.78, 5) is 25.7. The van der Waals surface area contributed by atoms with E-state index in [1.165, 1.54) is 6.07 Å². The number of esters is 2. The van der Waals surface area contributed by atoms with Gasteiger partial charge in [-0.1, -0.05) is 12.7 Å². The second kappa shape index (κ2) is 11.8. The molecule has 2 rings (SSSR count). The number of rotatable bonds is 7. The van der Waals surface area contributed by atoms with Gasteiger partial charge in [0.1, 0.15) is 0 Å². The van der Waals surface area contributed by atoms with Crippen LogP contribution in [0.25, 0.3) is 6.08 Å². The smallest absolute Gasteiger partial charge is 0.432 e. The lowest BCUT2D eigenvalue weighted by Gasteiger charge is -2.26. The highest BCUT2D eigenvalue weighted by Gasteiger charge is 2.66. The maximum absolute atomic E-state index is 13.9. The number of hydrogen-bond acceptors (Lipinski definition) is 6. The Kier molecular flexibility index (Phi) is 10.4. The average Bonchev–Trinajstić information content (AvgIpc) is 2.71. The fourth-order valence-electron chi connectivity index (χ4n) is 2.52. The van der Waals surface area contributed by atoms with E-state index < -0.39 is 50.7 Å². The van der Waals surface area contributed by atoms with Crippen LogP contribution in [0, 0.1) is 14.3 Å². The minimum Gasteiger partial charge on any atom is -0.441 e. The molecule has 0 aliphatic carbocycles. The largest absolute Gasteiger partial charge is 0.441 e. The monoisotopic (exact) mass is 984 g/mol. The second-order valence-corrected chi connectivity index (χ2v) is 12.8. The van der Waals surface area contributed by atoms with Gasteiger partial charge in [-0.15, -0.1) is 0 Å². The summed E-state index contributed by atoms with van der Waals surface area (Å²) in [5.74, 6) is -3.29. The molecular formula is C19H9F5I4O7S. The predicted molar refractivity (Wildman–Crippen MR) is 151 cm³/mol. The number of carbonyl (C=O) groups is 2. The van der Waals surface area contributed by atoms with Gasteiger partial charge in [-0.05, 0) is 120 Å². The van der Waals surface area contributed by atoms with E-state index in [0.29, 0.717) is 7.14 Å². The van der Waals surface area contributed by atoms with Crippen molar-refractivity contribution in [3.05, 3.63) is 61.8 Å². The van der Waals surface area contributed by atoms with Crippen LogP contribution >= 0.6 is 90.4 Å². The molecule has 0 saturated heterocycles. The molecule has 0 fully saturated rings. The average molecular weight is 984 g/mol. The quantitative estimate of drug-likeness (QED) is 0.111. The third-order valence-corrected chi connectivity index (χ3v) is 8.08. The lowest BCUT2D eigenvalue weighted by Crippen LogP contribution is -2.52. The van der Waals surface area contributed by atoms with Gasteiger partial charge in [-0.2, -0.15) is 30.4 Å². The molecule has 1 unspecified atom stereocenters. The molecule has 7 nitrogen and oxygen atoms in total. The molecule has 1 atom stereocenters. The van der Waals surface area contributed by atoms with Crippen LogP contribution in [-0.4, -0.2) is 42.4 Å². The summed E-state index contributed by atoms with van der Waals surface area (Å²) in [7, 11) is -6.66. The zero-order valence-electron chi connectivity index (χ0n) is 16.9. The van der Waals surface area contributed by atoms with Gasteiger partial charge in [-0.3, -0.25) is 4.55 Å². The third kappa shape index (κ3) is 7.16. The van der Waals surface area contributed by atoms with E-state index in [0.717, 1.165) is 15.7 Å². The van der Waals surface area contributed by atoms with E-state index in [-0.39, 0.29) is 14.9 Å². The standard InChI is InChI=1S/C19H9F5I4O7S/c1-2-7-3-9(15(29)35-17(18(20,21)22)19(23,24)36(31,32)33)13(10(26)4-7)16(30)34-14-11(27)5-8(25)6-12(14)28/h2-6,17H,1H2,(H,31,32,33). The molecule has 0 radical (unpaired) electrons. The van der Waals surface area contributed by atoms with Gasteiger partial charge in [0.25, 0.3) is 6.10 Å². The first-order valence-corrected chi connectivity index (χ1v) is 14.5. The van der Waals surface area contributed by atoms with Crippen LogP contribution in [0.5, 0.6) is 5.75 Å². The van der Waals surface area contributed by atoms with Crippen molar-refractivity contribution in [2.45, 2.75) is 17.5 Å². The summed E-state index contributed by atoms with van der Waals surface area (Å²) in [6.45, 7) is 3.43. The molecule has 0 aliphatic rings. The van der Waals surface area contributed by atoms with E-state index in [4.69, 9.17) is 9.29 Å². The number of carbonyl (C=O) groups excluding carboxylic acids is 2. The zero-order chi connectivity index (χ0) is 27.8. The Labute approximate surface area is 254 Å². The number of benzene rings is 2. The number of alkyl halides is 5. The summed E-state index contributed by atoms with van der Waals surface area (Å²) in [5, 5.41) is -5.95. The molecule has 0 amide bonds. The minimum atomic E-state index is -6.66. The number of halogens is 9. The normalized spacial score (nSPS) is 13.2. The van der Waals surface area contributed by atoms with Gasteiger partial charge in [0.05, 0.1) is 18.3 Å². The van der Waals surface area contributed by atoms with Crippen molar-refractivity contribution in [3.63, 3.8) is 0 Å². The highest BCUT2D eigenvalue weighted by atomic mass is 127. The molecule has 0 aliphatic heterocycles. The van der Waals surface area contributed by atoms with Crippen LogP contribution in [0.2, 0.25) is 0 Å². The number of hydrogen-bond donors (Lipinski definition) is 1. The Bertz CT molecular complexity index is 1320. The molecule has 0 aromatic heterocycles. The third-order valence-electron chi connectivity index (χ3n) is 4.10. The fraction of sp³-hybridized carbons (Fsp3) is 0.158. The molecule has 0 saturated carbocycles. The second-order valence-electron chi connectivity index (χ2n) is 6.58. The molecule has 0 bridgehead atoms. The van der Waals surface area contributed by atoms with Gasteiger partial charge in [0, 0.05) is 7.14 Å². The van der Waals surface area contributed by atoms with E-state index in [1.54, 1.807) is 34.7 Å². The van der Waals surface area contributed by atoms with Crippen LogP contribution in [-0.2, 0) is 14.9 Å². The van der Waals surface area contributed by atoms with Gasteiger partial charge in [-0.25, -0.2) is 9.59 Å². The summed E-state index contributed by atoms with van der Waals surface area (Å²) in [6, 6.07) is 5.44. The molecule has 1 N–H and O–H groups in total. The van der Waals surface area contributed by atoms with Gasteiger partial charge in [0.2, 0.25) is 0 Å². The first-order chi connectivity index (χ1) is 16.3. The Morgan fingerprint density at radius 2 is 1.47 bits per heavy atom. The molecule has 36 heavy (non-hydrogen) atoms. The zero-order valence-corrected chi connectivity index (χ0v) is 26.3. The van der Waals surface area contributed by atoms with Gasteiger partial charge in [0.15, 0.2) is 5.75 Å². The summed E-state index contributed by atoms with van der Waals surface area (Å²) >= 11 is 7.30. The molecule has 196 valence electrons. The molecule has 2 aromatic carbocycles. The van der Waals surface area contributed by atoms with Crippen molar-refractivity contribution in [1.82, 2.24) is 0 Å². The molecule has 0 spiro atoms. The fourth-order valence-corrected chi connectivity index (χ4v) is 7.64. The Balaban J connectivity index is 2.63. The van der Waals surface area contributed by atoms with Crippen molar-refractivity contribution >= 4 is 118 Å². The lowest BCUT2D eigenvalue weighted by atomic mass is 10.0. The van der Waals surface area contributed by atoms with Crippen LogP contribution in [0.15, 0.2) is 30.8 Å². The first-order valence-electron chi connectivity index (χ1n) is 8.76. The van der Waals surface area contributed by atoms with Crippen molar-refractivity contribution < 1.29 is 54.0 Å². The van der Waals surface area contributed by atoms with E-state index in [1.807, 2.05) is 67.8 Å².